The van der Waals surface area contributed by atoms with Crippen LogP contribution < -0.4 is 5.32 Å². The fraction of sp³-hybridized carbons (Fsp3) is 0.867. The van der Waals surface area contributed by atoms with Gasteiger partial charge in [-0.3, -0.25) is 4.79 Å². The molecule has 6 aliphatic heterocycles. The molecule has 9 nitrogen and oxygen atoms in total. The number of fused-ring (bicyclic) bond motifs is 1. The van der Waals surface area contributed by atoms with Gasteiger partial charge in [-0.2, -0.15) is 0 Å². The van der Waals surface area contributed by atoms with Gasteiger partial charge in [-0.05, 0) is 83.6 Å². The van der Waals surface area contributed by atoms with Crippen molar-refractivity contribution in [2.24, 2.45) is 29.6 Å². The Labute approximate surface area is 244 Å². The summed E-state index contributed by atoms with van der Waals surface area (Å²) < 4.78 is 0. The van der Waals surface area contributed by atoms with E-state index in [0.29, 0.717) is 5.25 Å². The van der Waals surface area contributed by atoms with Crippen molar-refractivity contribution in [3.05, 3.63) is 10.6 Å². The minimum Gasteiger partial charge on any atom is -0.477 e. The molecule has 6 heterocycles. The highest BCUT2D eigenvalue weighted by atomic mass is 32.2. The highest BCUT2D eigenvalue weighted by Gasteiger charge is 2.60. The molecular weight excluding hydrogens is 526 g/mol. The van der Waals surface area contributed by atoms with E-state index in [1.54, 1.807) is 18.7 Å². The number of aliphatic hydroxyl groups is 1. The second-order valence-corrected chi connectivity index (χ2v) is 14.8. The largest absolute Gasteiger partial charge is 0.477 e. The molecule has 5 fully saturated rings. The van der Waals surface area contributed by atoms with Crippen LogP contribution in [0.5, 0.6) is 0 Å². The predicted octanol–water partition coefficient (Wildman–Crippen LogP) is 1.84. The van der Waals surface area contributed by atoms with E-state index in [0.717, 1.165) is 55.4 Å². The first-order chi connectivity index (χ1) is 19.1. The zero-order valence-electron chi connectivity index (χ0n) is 24.9. The van der Waals surface area contributed by atoms with Crippen LogP contribution in [-0.2, 0) is 9.59 Å². The van der Waals surface area contributed by atoms with Crippen molar-refractivity contribution in [3.8, 4) is 0 Å². The number of hydrogen-bond acceptors (Lipinski definition) is 8. The molecule has 0 bridgehead atoms. The summed E-state index contributed by atoms with van der Waals surface area (Å²) in [5.74, 6) is 0.922. The number of thioether (sulfide) groups is 1. The maximum absolute atomic E-state index is 12.4. The van der Waals surface area contributed by atoms with Crippen molar-refractivity contribution in [1.29, 1.82) is 0 Å². The van der Waals surface area contributed by atoms with E-state index < -0.39 is 18.0 Å². The number of nitrogens with one attached hydrogen (secondary N) is 1. The van der Waals surface area contributed by atoms with E-state index in [2.05, 4.69) is 34.0 Å². The molecule has 226 valence electrons. The number of likely N-dealkylation sites (tertiary alicyclic amines) is 3. The number of amides is 1. The van der Waals surface area contributed by atoms with Crippen LogP contribution in [0.2, 0.25) is 0 Å². The molecular formula is C30H51N5O4S. The summed E-state index contributed by atoms with van der Waals surface area (Å²) in [6, 6.07) is -0.211. The van der Waals surface area contributed by atoms with E-state index in [4.69, 9.17) is 0 Å². The van der Waals surface area contributed by atoms with E-state index in [9.17, 15) is 19.8 Å². The van der Waals surface area contributed by atoms with Gasteiger partial charge in [0.25, 0.3) is 0 Å². The molecule has 0 aromatic carbocycles. The Morgan fingerprint density at radius 2 is 1.57 bits per heavy atom. The lowest BCUT2D eigenvalue weighted by molar-refractivity contribution is -0.163. The van der Waals surface area contributed by atoms with Crippen molar-refractivity contribution in [1.82, 2.24) is 24.9 Å². The first-order valence-electron chi connectivity index (χ1n) is 15.6. The fourth-order valence-corrected chi connectivity index (χ4v) is 9.20. The number of carbonyl (C=O) groups is 2. The molecule has 6 aliphatic rings. The molecule has 6 rings (SSSR count). The van der Waals surface area contributed by atoms with Gasteiger partial charge >= 0.3 is 5.97 Å². The third kappa shape index (κ3) is 6.57. The standard InChI is InChI=1S/C19H29N3O4S.C11H22N2/c1-10-15-14(11(2)23)18(24)22(15)16(19(25)26)17(10)27-13-8-21(9-13)7-12-3-5-20-6-4-12;1-10-7-13(8-10)9-11-3-5-12(2)6-4-11/h10-15,20,23H,3-9H2,1-2H3,(H,25,26);10-11H,3-9H2,1-2H3/t10-,11-,14-,15-;/m1./s1. The number of rotatable bonds is 8. The number of piperidine rings is 2. The molecule has 0 radical (unpaired) electrons. The second kappa shape index (κ2) is 13.0. The minimum absolute atomic E-state index is 0.0307. The molecule has 0 aliphatic carbocycles. The van der Waals surface area contributed by atoms with Crippen LogP contribution in [0.4, 0.5) is 0 Å². The van der Waals surface area contributed by atoms with Crippen LogP contribution in [0.25, 0.3) is 0 Å². The topological polar surface area (TPSA) is 99.6 Å². The number of nitrogens with zero attached hydrogens (tertiary/aromatic N) is 4. The van der Waals surface area contributed by atoms with Crippen molar-refractivity contribution < 1.29 is 19.8 Å². The van der Waals surface area contributed by atoms with E-state index in [-0.39, 0.29) is 23.6 Å². The second-order valence-electron chi connectivity index (χ2n) is 13.5. The molecule has 0 aromatic rings. The van der Waals surface area contributed by atoms with Gasteiger partial charge in [0, 0.05) is 55.3 Å². The monoisotopic (exact) mass is 577 g/mol. The molecule has 4 atom stereocenters. The zero-order valence-corrected chi connectivity index (χ0v) is 25.7. The summed E-state index contributed by atoms with van der Waals surface area (Å²) in [6.45, 7) is 18.0. The van der Waals surface area contributed by atoms with Crippen molar-refractivity contribution in [2.75, 3.05) is 72.5 Å². The molecule has 5 saturated heterocycles. The lowest BCUT2D eigenvalue weighted by Gasteiger charge is -2.46. The minimum atomic E-state index is -1.03. The third-order valence-electron chi connectivity index (χ3n) is 10.00. The van der Waals surface area contributed by atoms with E-state index in [1.807, 2.05) is 6.92 Å². The number of aliphatic hydroxyl groups excluding tert-OH is 1. The van der Waals surface area contributed by atoms with Crippen LogP contribution in [0.1, 0.15) is 46.5 Å². The smallest absolute Gasteiger partial charge is 0.353 e. The number of carbonyl (C=O) groups excluding carboxylic acids is 1. The number of β-lactam (4-membered cyclic amide) rings is 1. The summed E-state index contributed by atoms with van der Waals surface area (Å²) in [7, 11) is 2.24. The Kier molecular flexibility index (Phi) is 9.84. The first kappa shape index (κ1) is 30.3. The van der Waals surface area contributed by atoms with Crippen LogP contribution in [0, 0.1) is 29.6 Å². The zero-order chi connectivity index (χ0) is 28.6. The number of carboxylic acid groups (broad SMARTS) is 1. The lowest BCUT2D eigenvalue weighted by atomic mass is 9.79. The highest BCUT2D eigenvalue weighted by molar-refractivity contribution is 8.03. The van der Waals surface area contributed by atoms with Crippen molar-refractivity contribution in [2.45, 2.75) is 63.9 Å². The first-order valence-corrected chi connectivity index (χ1v) is 16.5. The summed E-state index contributed by atoms with van der Waals surface area (Å²) in [6.07, 6.45) is 4.56. The van der Waals surface area contributed by atoms with E-state index >= 15 is 0 Å². The summed E-state index contributed by atoms with van der Waals surface area (Å²) >= 11 is 1.64. The number of aliphatic carboxylic acids is 1. The summed E-state index contributed by atoms with van der Waals surface area (Å²) in [5.41, 5.74) is 0.149. The van der Waals surface area contributed by atoms with Gasteiger partial charge in [0.2, 0.25) is 5.91 Å². The molecule has 3 N–H and O–H groups in total. The molecule has 10 heteroatoms. The number of hydrogen-bond donors (Lipinski definition) is 3. The van der Waals surface area contributed by atoms with E-state index in [1.165, 1.54) is 63.3 Å². The maximum atomic E-state index is 12.4. The highest BCUT2D eigenvalue weighted by Crippen LogP contribution is 2.52. The molecule has 0 saturated carbocycles. The summed E-state index contributed by atoms with van der Waals surface area (Å²) in [4.78, 5) is 34.0. The van der Waals surface area contributed by atoms with Crippen LogP contribution in [0.3, 0.4) is 0 Å². The third-order valence-corrected chi connectivity index (χ3v) is 11.4. The SMILES string of the molecule is CC1CN(CC2CCN(C)CC2)C1.C[C@@H](O)[C@H]1C(=O)N2C(C(=O)O)=C(SC3CN(CC4CCNCC4)C3)[C@H](C)[C@H]12. The lowest BCUT2D eigenvalue weighted by Crippen LogP contribution is -2.63. The Morgan fingerprint density at radius 1 is 1.00 bits per heavy atom. The Morgan fingerprint density at radius 3 is 2.12 bits per heavy atom. The van der Waals surface area contributed by atoms with Crippen LogP contribution >= 0.6 is 11.8 Å². The molecule has 0 spiro atoms. The van der Waals surface area contributed by atoms with Gasteiger partial charge in [-0.1, -0.05) is 13.8 Å². The van der Waals surface area contributed by atoms with Gasteiger partial charge in [0.05, 0.1) is 18.1 Å². The van der Waals surface area contributed by atoms with Crippen LogP contribution in [0.15, 0.2) is 10.6 Å². The Bertz CT molecular complexity index is 936. The molecule has 0 unspecified atom stereocenters. The fourth-order valence-electron chi connectivity index (χ4n) is 7.62. The van der Waals surface area contributed by atoms with Crippen molar-refractivity contribution in [3.63, 3.8) is 0 Å². The van der Waals surface area contributed by atoms with Gasteiger partial charge in [-0.15, -0.1) is 11.8 Å². The maximum Gasteiger partial charge on any atom is 0.353 e. The Hall–Kier alpha value is -1.17. The normalized spacial score (nSPS) is 32.2. The molecule has 40 heavy (non-hydrogen) atoms. The summed E-state index contributed by atoms with van der Waals surface area (Å²) in [5, 5.41) is 23.4. The average Bonchev–Trinajstić information content (AvgIpc) is 3.12. The van der Waals surface area contributed by atoms with Gasteiger partial charge in [0.15, 0.2) is 0 Å². The van der Waals surface area contributed by atoms with Gasteiger partial charge in [-0.25, -0.2) is 4.79 Å². The quantitative estimate of drug-likeness (QED) is 0.373. The number of carboxylic acids is 1. The van der Waals surface area contributed by atoms with Gasteiger partial charge in [0.1, 0.15) is 5.70 Å². The Balaban J connectivity index is 0.000000207. The average molecular weight is 578 g/mol. The van der Waals surface area contributed by atoms with Gasteiger partial charge < -0.3 is 35.1 Å². The van der Waals surface area contributed by atoms with Crippen LogP contribution in [-0.4, -0.2) is 132 Å². The van der Waals surface area contributed by atoms with Crippen molar-refractivity contribution >= 4 is 23.6 Å². The molecule has 0 aromatic heterocycles. The molecule has 1 amide bonds. The predicted molar refractivity (Wildman–Crippen MR) is 159 cm³/mol.